The van der Waals surface area contributed by atoms with Crippen LogP contribution in [0.4, 0.5) is 5.69 Å². The Morgan fingerprint density at radius 2 is 1.83 bits per heavy atom. The molecule has 0 aliphatic rings. The molecule has 0 saturated carbocycles. The lowest BCUT2D eigenvalue weighted by molar-refractivity contribution is -0.122. The fourth-order valence-corrected chi connectivity index (χ4v) is 2.36. The fourth-order valence-electron chi connectivity index (χ4n) is 2.36. The number of hydrogen-bond acceptors (Lipinski definition) is 3. The van der Waals surface area contributed by atoms with Gasteiger partial charge >= 0.3 is 0 Å². The largest absolute Gasteiger partial charge is 0.481 e. The molecule has 0 saturated heterocycles. The first-order valence-electron chi connectivity index (χ1n) is 8.11. The van der Waals surface area contributed by atoms with Crippen molar-refractivity contribution in [2.45, 2.75) is 39.2 Å². The lowest BCUT2D eigenvalue weighted by Crippen LogP contribution is -2.30. The second-order valence-electron chi connectivity index (χ2n) is 5.78. The maximum atomic E-state index is 12.4. The van der Waals surface area contributed by atoms with Gasteiger partial charge in [0.2, 0.25) is 0 Å². The molecule has 2 aromatic carbocycles. The minimum absolute atomic E-state index is 0.199. The van der Waals surface area contributed by atoms with E-state index in [9.17, 15) is 4.79 Å². The van der Waals surface area contributed by atoms with E-state index in [2.05, 4.69) is 25.2 Å². The molecule has 0 aliphatic heterocycles. The highest BCUT2D eigenvalue weighted by Gasteiger charge is 2.17. The Morgan fingerprint density at radius 3 is 2.46 bits per heavy atom. The minimum atomic E-state index is -0.636. The van der Waals surface area contributed by atoms with E-state index in [-0.39, 0.29) is 5.91 Å². The smallest absolute Gasteiger partial charge is 0.265 e. The SMILES string of the molecule is CC[C@@H](C)c1ccccc1NC(=O)[C@H](C)Oc1ccc(C#N)cc1. The normalized spacial score (nSPS) is 12.8. The number of carbonyl (C=O) groups excluding carboxylic acids is 1. The van der Waals surface area contributed by atoms with Crippen LogP contribution in [0, 0.1) is 11.3 Å². The molecule has 0 spiro atoms. The number of para-hydroxylation sites is 1. The molecule has 1 N–H and O–H groups in total. The van der Waals surface area contributed by atoms with Gasteiger partial charge in [0.15, 0.2) is 6.10 Å². The van der Waals surface area contributed by atoms with Gasteiger partial charge in [0, 0.05) is 5.69 Å². The Labute approximate surface area is 143 Å². The van der Waals surface area contributed by atoms with E-state index in [0.29, 0.717) is 17.2 Å². The third-order valence-electron chi connectivity index (χ3n) is 4.03. The summed E-state index contributed by atoms with van der Waals surface area (Å²) in [5.74, 6) is 0.734. The molecule has 24 heavy (non-hydrogen) atoms. The van der Waals surface area contributed by atoms with Crippen molar-refractivity contribution in [3.63, 3.8) is 0 Å². The molecular formula is C20H22N2O2. The molecule has 0 unspecified atom stereocenters. The van der Waals surface area contributed by atoms with Crippen molar-refractivity contribution in [2.75, 3.05) is 5.32 Å². The van der Waals surface area contributed by atoms with Crippen molar-refractivity contribution in [3.8, 4) is 11.8 Å². The first-order valence-corrected chi connectivity index (χ1v) is 8.11. The molecular weight excluding hydrogens is 300 g/mol. The first-order chi connectivity index (χ1) is 11.5. The molecule has 0 aromatic heterocycles. The Hall–Kier alpha value is -2.80. The average Bonchev–Trinajstić information content (AvgIpc) is 2.62. The first kappa shape index (κ1) is 17.6. The highest BCUT2D eigenvalue weighted by molar-refractivity contribution is 5.94. The van der Waals surface area contributed by atoms with Gasteiger partial charge in [0.25, 0.3) is 5.91 Å². The number of rotatable bonds is 6. The number of nitrogens with zero attached hydrogens (tertiary/aromatic N) is 1. The van der Waals surface area contributed by atoms with E-state index in [1.54, 1.807) is 31.2 Å². The zero-order valence-corrected chi connectivity index (χ0v) is 14.2. The molecule has 124 valence electrons. The van der Waals surface area contributed by atoms with Gasteiger partial charge in [0.1, 0.15) is 5.75 Å². The summed E-state index contributed by atoms with van der Waals surface area (Å²) in [6.45, 7) is 5.97. The molecule has 0 bridgehead atoms. The number of anilines is 1. The molecule has 0 radical (unpaired) electrons. The van der Waals surface area contributed by atoms with Crippen LogP contribution in [-0.4, -0.2) is 12.0 Å². The van der Waals surface area contributed by atoms with E-state index in [1.807, 2.05) is 24.3 Å². The highest BCUT2D eigenvalue weighted by atomic mass is 16.5. The van der Waals surface area contributed by atoms with Crippen LogP contribution in [0.1, 0.15) is 44.2 Å². The van der Waals surface area contributed by atoms with E-state index in [0.717, 1.165) is 17.7 Å². The Morgan fingerprint density at radius 1 is 1.17 bits per heavy atom. The Balaban J connectivity index is 2.05. The maximum absolute atomic E-state index is 12.4. The standard InChI is InChI=1S/C20H22N2O2/c1-4-14(2)18-7-5-6-8-19(18)22-20(23)15(3)24-17-11-9-16(13-21)10-12-17/h5-12,14-15H,4H2,1-3H3,(H,22,23)/t14-,15+/m1/s1. The van der Waals surface area contributed by atoms with Crippen LogP contribution >= 0.6 is 0 Å². The Bertz CT molecular complexity index is 732. The summed E-state index contributed by atoms with van der Waals surface area (Å²) in [4.78, 5) is 12.4. The molecule has 0 heterocycles. The number of ether oxygens (including phenoxy) is 1. The van der Waals surface area contributed by atoms with E-state index >= 15 is 0 Å². The summed E-state index contributed by atoms with van der Waals surface area (Å²) in [6.07, 6.45) is 0.368. The van der Waals surface area contributed by atoms with Crippen molar-refractivity contribution >= 4 is 11.6 Å². The summed E-state index contributed by atoms with van der Waals surface area (Å²) < 4.78 is 5.65. The third-order valence-corrected chi connectivity index (χ3v) is 4.03. The third kappa shape index (κ3) is 4.36. The topological polar surface area (TPSA) is 62.1 Å². The van der Waals surface area contributed by atoms with Crippen molar-refractivity contribution in [3.05, 3.63) is 59.7 Å². The van der Waals surface area contributed by atoms with Crippen molar-refractivity contribution in [1.82, 2.24) is 0 Å². The zero-order chi connectivity index (χ0) is 17.5. The van der Waals surface area contributed by atoms with Gasteiger partial charge < -0.3 is 10.1 Å². The van der Waals surface area contributed by atoms with Crippen LogP contribution in [0.5, 0.6) is 5.75 Å². The summed E-state index contributed by atoms with van der Waals surface area (Å²) in [5.41, 5.74) is 2.51. The van der Waals surface area contributed by atoms with Crippen LogP contribution < -0.4 is 10.1 Å². The van der Waals surface area contributed by atoms with E-state index < -0.39 is 6.10 Å². The number of nitriles is 1. The molecule has 2 aromatic rings. The molecule has 1 amide bonds. The molecule has 4 nitrogen and oxygen atoms in total. The lowest BCUT2D eigenvalue weighted by atomic mass is 9.97. The summed E-state index contributed by atoms with van der Waals surface area (Å²) in [7, 11) is 0. The minimum Gasteiger partial charge on any atom is -0.481 e. The quantitative estimate of drug-likeness (QED) is 0.853. The fraction of sp³-hybridized carbons (Fsp3) is 0.300. The molecule has 2 rings (SSSR count). The van der Waals surface area contributed by atoms with Crippen molar-refractivity contribution in [1.29, 1.82) is 5.26 Å². The zero-order valence-electron chi connectivity index (χ0n) is 14.2. The molecule has 4 heteroatoms. The molecule has 0 fully saturated rings. The van der Waals surface area contributed by atoms with Gasteiger partial charge in [-0.1, -0.05) is 32.0 Å². The number of amides is 1. The number of carbonyl (C=O) groups is 1. The van der Waals surface area contributed by atoms with Crippen LogP contribution in [0.2, 0.25) is 0 Å². The van der Waals surface area contributed by atoms with Crippen molar-refractivity contribution in [2.24, 2.45) is 0 Å². The van der Waals surface area contributed by atoms with E-state index in [4.69, 9.17) is 10.00 Å². The summed E-state index contributed by atoms with van der Waals surface area (Å²) in [5, 5.41) is 11.8. The predicted molar refractivity (Wildman–Crippen MR) is 95.0 cm³/mol. The van der Waals surface area contributed by atoms with Gasteiger partial charge in [-0.25, -0.2) is 0 Å². The second-order valence-corrected chi connectivity index (χ2v) is 5.78. The molecule has 2 atom stereocenters. The van der Waals surface area contributed by atoms with Crippen LogP contribution in [0.3, 0.4) is 0 Å². The van der Waals surface area contributed by atoms with Gasteiger partial charge in [-0.15, -0.1) is 0 Å². The van der Waals surface area contributed by atoms with Gasteiger partial charge in [-0.05, 0) is 55.2 Å². The second kappa shape index (κ2) is 8.16. The Kier molecular flexibility index (Phi) is 5.97. The van der Waals surface area contributed by atoms with Crippen LogP contribution in [0.15, 0.2) is 48.5 Å². The van der Waals surface area contributed by atoms with Gasteiger partial charge in [-0.3, -0.25) is 4.79 Å². The number of benzene rings is 2. The number of nitrogens with one attached hydrogen (secondary N) is 1. The summed E-state index contributed by atoms with van der Waals surface area (Å²) >= 11 is 0. The predicted octanol–water partition coefficient (Wildman–Crippen LogP) is 4.48. The van der Waals surface area contributed by atoms with Crippen LogP contribution in [0.25, 0.3) is 0 Å². The monoisotopic (exact) mass is 322 g/mol. The summed E-state index contributed by atoms with van der Waals surface area (Å²) in [6, 6.07) is 16.6. The van der Waals surface area contributed by atoms with Crippen molar-refractivity contribution < 1.29 is 9.53 Å². The van der Waals surface area contributed by atoms with Gasteiger partial charge in [-0.2, -0.15) is 5.26 Å². The van der Waals surface area contributed by atoms with E-state index in [1.165, 1.54) is 0 Å². The highest BCUT2D eigenvalue weighted by Crippen LogP contribution is 2.26. The average molecular weight is 322 g/mol. The molecule has 0 aliphatic carbocycles. The van der Waals surface area contributed by atoms with Gasteiger partial charge in [0.05, 0.1) is 11.6 Å². The maximum Gasteiger partial charge on any atom is 0.265 e. The number of hydrogen-bond donors (Lipinski definition) is 1. The van der Waals surface area contributed by atoms with Crippen LogP contribution in [-0.2, 0) is 4.79 Å². The lowest BCUT2D eigenvalue weighted by Gasteiger charge is -2.18.